The Morgan fingerprint density at radius 3 is 2.78 bits per heavy atom. The van der Waals surface area contributed by atoms with Crippen molar-refractivity contribution < 1.29 is 0 Å². The molecule has 0 radical (unpaired) electrons. The summed E-state index contributed by atoms with van der Waals surface area (Å²) < 4.78 is 0. The van der Waals surface area contributed by atoms with Crippen LogP contribution in [0.4, 0.5) is 5.13 Å². The maximum atomic E-state index is 6.64. The van der Waals surface area contributed by atoms with E-state index in [9.17, 15) is 0 Å². The standard InChI is InChI=1S/C14H17N3S/c15-13-17-11-7-4-8-14(16,9-12(11)18-13)10-5-2-1-3-6-10/h1-3,5-6H,4,7-9,16H2,(H2,15,17). The number of nitrogens with zero attached hydrogens (tertiary/aromatic N) is 1. The summed E-state index contributed by atoms with van der Waals surface area (Å²) in [6.07, 6.45) is 3.91. The Labute approximate surface area is 111 Å². The van der Waals surface area contributed by atoms with Crippen molar-refractivity contribution in [2.75, 3.05) is 5.73 Å². The van der Waals surface area contributed by atoms with E-state index in [-0.39, 0.29) is 5.54 Å². The van der Waals surface area contributed by atoms with Crippen molar-refractivity contribution >= 4 is 16.5 Å². The van der Waals surface area contributed by atoms with Crippen LogP contribution in [-0.4, -0.2) is 4.98 Å². The van der Waals surface area contributed by atoms with Gasteiger partial charge in [-0.3, -0.25) is 0 Å². The first-order valence-electron chi connectivity index (χ1n) is 6.26. The van der Waals surface area contributed by atoms with Crippen molar-refractivity contribution in [2.45, 2.75) is 31.2 Å². The summed E-state index contributed by atoms with van der Waals surface area (Å²) in [7, 11) is 0. The molecule has 94 valence electrons. The summed E-state index contributed by atoms with van der Waals surface area (Å²) in [6, 6.07) is 10.4. The molecule has 0 saturated carbocycles. The molecule has 1 heterocycles. The molecule has 1 aliphatic rings. The minimum atomic E-state index is -0.272. The molecular formula is C14H17N3S. The number of aromatic nitrogens is 1. The van der Waals surface area contributed by atoms with Gasteiger partial charge in [0.1, 0.15) is 0 Å². The third-order valence-electron chi connectivity index (χ3n) is 3.66. The minimum Gasteiger partial charge on any atom is -0.375 e. The van der Waals surface area contributed by atoms with Gasteiger partial charge < -0.3 is 11.5 Å². The van der Waals surface area contributed by atoms with Crippen LogP contribution in [0.3, 0.4) is 0 Å². The predicted molar refractivity (Wildman–Crippen MR) is 75.5 cm³/mol. The maximum absolute atomic E-state index is 6.64. The third-order valence-corrected chi connectivity index (χ3v) is 4.58. The van der Waals surface area contributed by atoms with Gasteiger partial charge in [-0.25, -0.2) is 4.98 Å². The second-order valence-electron chi connectivity index (χ2n) is 4.97. The van der Waals surface area contributed by atoms with Crippen LogP contribution >= 0.6 is 11.3 Å². The Balaban J connectivity index is 1.99. The molecular weight excluding hydrogens is 242 g/mol. The number of rotatable bonds is 1. The molecule has 2 aromatic rings. The monoisotopic (exact) mass is 259 g/mol. The van der Waals surface area contributed by atoms with Gasteiger partial charge in [0.2, 0.25) is 0 Å². The predicted octanol–water partition coefficient (Wildman–Crippen LogP) is 2.46. The van der Waals surface area contributed by atoms with E-state index in [0.717, 1.165) is 31.4 Å². The van der Waals surface area contributed by atoms with Gasteiger partial charge in [-0.05, 0) is 24.8 Å². The van der Waals surface area contributed by atoms with Crippen molar-refractivity contribution in [3.05, 3.63) is 46.5 Å². The Morgan fingerprint density at radius 1 is 1.22 bits per heavy atom. The van der Waals surface area contributed by atoms with Crippen molar-refractivity contribution in [2.24, 2.45) is 5.73 Å². The fraction of sp³-hybridized carbons (Fsp3) is 0.357. The van der Waals surface area contributed by atoms with E-state index in [0.29, 0.717) is 5.13 Å². The molecule has 1 aromatic carbocycles. The van der Waals surface area contributed by atoms with Crippen molar-refractivity contribution in [1.29, 1.82) is 0 Å². The van der Waals surface area contributed by atoms with Crippen molar-refractivity contribution in [1.82, 2.24) is 4.98 Å². The van der Waals surface area contributed by atoms with Crippen LogP contribution in [0.2, 0.25) is 0 Å². The van der Waals surface area contributed by atoms with Gasteiger partial charge in [0.05, 0.1) is 5.69 Å². The van der Waals surface area contributed by atoms with Gasteiger partial charge in [0.15, 0.2) is 5.13 Å². The number of hydrogen-bond acceptors (Lipinski definition) is 4. The van der Waals surface area contributed by atoms with E-state index >= 15 is 0 Å². The fourth-order valence-corrected chi connectivity index (χ4v) is 3.70. The molecule has 0 spiro atoms. The zero-order chi connectivity index (χ0) is 12.6. The van der Waals surface area contributed by atoms with E-state index in [1.54, 1.807) is 11.3 Å². The van der Waals surface area contributed by atoms with E-state index in [1.807, 2.05) is 6.07 Å². The lowest BCUT2D eigenvalue weighted by atomic mass is 9.84. The first-order chi connectivity index (χ1) is 8.67. The van der Waals surface area contributed by atoms with E-state index < -0.39 is 0 Å². The van der Waals surface area contributed by atoms with Crippen LogP contribution in [0.5, 0.6) is 0 Å². The van der Waals surface area contributed by atoms with Crippen molar-refractivity contribution in [3.8, 4) is 0 Å². The number of benzene rings is 1. The number of nitrogen functional groups attached to an aromatic ring is 1. The number of nitrogens with two attached hydrogens (primary N) is 2. The summed E-state index contributed by atoms with van der Waals surface area (Å²) in [5, 5.41) is 0.664. The van der Waals surface area contributed by atoms with Crippen LogP contribution in [0, 0.1) is 0 Å². The lowest BCUT2D eigenvalue weighted by molar-refractivity contribution is 0.406. The minimum absolute atomic E-state index is 0.272. The lowest BCUT2D eigenvalue weighted by Gasteiger charge is -2.28. The first kappa shape index (κ1) is 11.7. The zero-order valence-electron chi connectivity index (χ0n) is 10.2. The summed E-state index contributed by atoms with van der Waals surface area (Å²) in [4.78, 5) is 5.67. The van der Waals surface area contributed by atoms with Gasteiger partial charge >= 0.3 is 0 Å². The summed E-state index contributed by atoms with van der Waals surface area (Å²) in [5.74, 6) is 0. The van der Waals surface area contributed by atoms with Gasteiger partial charge in [-0.1, -0.05) is 30.3 Å². The number of fused-ring (bicyclic) bond motifs is 1. The van der Waals surface area contributed by atoms with Crippen LogP contribution in [0.1, 0.15) is 29.0 Å². The normalized spacial score (nSPS) is 23.4. The first-order valence-corrected chi connectivity index (χ1v) is 7.07. The quantitative estimate of drug-likeness (QED) is 0.773. The van der Waals surface area contributed by atoms with Gasteiger partial charge in [0, 0.05) is 16.8 Å². The number of anilines is 1. The summed E-state index contributed by atoms with van der Waals surface area (Å²) >= 11 is 1.59. The van der Waals surface area contributed by atoms with Crippen LogP contribution < -0.4 is 11.5 Å². The van der Waals surface area contributed by atoms with Crippen LogP contribution in [0.25, 0.3) is 0 Å². The zero-order valence-corrected chi connectivity index (χ0v) is 11.0. The largest absolute Gasteiger partial charge is 0.375 e. The van der Waals surface area contributed by atoms with Crippen molar-refractivity contribution in [3.63, 3.8) is 0 Å². The fourth-order valence-electron chi connectivity index (χ4n) is 2.70. The lowest BCUT2D eigenvalue weighted by Crippen LogP contribution is -2.38. The molecule has 4 heteroatoms. The second kappa shape index (κ2) is 4.37. The summed E-state index contributed by atoms with van der Waals surface area (Å²) in [5.41, 5.74) is 14.5. The molecule has 0 amide bonds. The van der Waals surface area contributed by atoms with E-state index in [2.05, 4.69) is 29.2 Å². The van der Waals surface area contributed by atoms with Gasteiger partial charge in [0.25, 0.3) is 0 Å². The molecule has 3 rings (SSSR count). The number of aryl methyl sites for hydroxylation is 1. The Hall–Kier alpha value is -1.39. The number of thiazole rings is 1. The Morgan fingerprint density at radius 2 is 2.00 bits per heavy atom. The maximum Gasteiger partial charge on any atom is 0.180 e. The smallest absolute Gasteiger partial charge is 0.180 e. The highest BCUT2D eigenvalue weighted by atomic mass is 32.1. The Kier molecular flexibility index (Phi) is 2.84. The highest BCUT2D eigenvalue weighted by Gasteiger charge is 2.32. The average Bonchev–Trinajstić information content (AvgIpc) is 2.62. The molecule has 1 aliphatic carbocycles. The third kappa shape index (κ3) is 2.02. The Bertz CT molecular complexity index is 549. The molecule has 0 bridgehead atoms. The number of hydrogen-bond donors (Lipinski definition) is 2. The molecule has 4 N–H and O–H groups in total. The highest BCUT2D eigenvalue weighted by molar-refractivity contribution is 7.15. The molecule has 0 saturated heterocycles. The molecule has 0 fully saturated rings. The molecule has 1 atom stereocenters. The molecule has 1 unspecified atom stereocenters. The molecule has 18 heavy (non-hydrogen) atoms. The van der Waals surface area contributed by atoms with E-state index in [1.165, 1.54) is 10.4 Å². The summed E-state index contributed by atoms with van der Waals surface area (Å²) in [6.45, 7) is 0. The van der Waals surface area contributed by atoms with Gasteiger partial charge in [-0.2, -0.15) is 0 Å². The van der Waals surface area contributed by atoms with E-state index in [4.69, 9.17) is 11.5 Å². The SMILES string of the molecule is Nc1nc2c(s1)CC(N)(c1ccccc1)CCC2. The highest BCUT2D eigenvalue weighted by Crippen LogP contribution is 2.36. The second-order valence-corrected chi connectivity index (χ2v) is 6.09. The topological polar surface area (TPSA) is 64.9 Å². The average molecular weight is 259 g/mol. The molecule has 3 nitrogen and oxygen atoms in total. The van der Waals surface area contributed by atoms with Gasteiger partial charge in [-0.15, -0.1) is 11.3 Å². The molecule has 1 aromatic heterocycles. The van der Waals surface area contributed by atoms with Crippen LogP contribution in [0.15, 0.2) is 30.3 Å². The molecule has 0 aliphatic heterocycles. The van der Waals surface area contributed by atoms with Crippen LogP contribution in [-0.2, 0) is 18.4 Å².